The van der Waals surface area contributed by atoms with Gasteiger partial charge in [-0.2, -0.15) is 0 Å². The molecule has 0 aliphatic rings. The summed E-state index contributed by atoms with van der Waals surface area (Å²) in [4.78, 5) is 1.42. The van der Waals surface area contributed by atoms with Crippen LogP contribution in [0.2, 0.25) is 0 Å². The van der Waals surface area contributed by atoms with Crippen molar-refractivity contribution < 1.29 is 29.7 Å². The zero-order valence-electron chi connectivity index (χ0n) is 5.10. The molecule has 0 saturated heterocycles. The minimum absolute atomic E-state index is 1.42. The van der Waals surface area contributed by atoms with Crippen molar-refractivity contribution in [2.75, 3.05) is 21.1 Å². The van der Waals surface area contributed by atoms with Gasteiger partial charge in [0, 0.05) is 0 Å². The van der Waals surface area contributed by atoms with Gasteiger partial charge in [-0.3, -0.25) is 0 Å². The molecule has 0 saturated carbocycles. The van der Waals surface area contributed by atoms with Crippen LogP contribution in [-0.2, 0) is 0 Å². The minimum Gasteiger partial charge on any atom is -0.357 e. The van der Waals surface area contributed by atoms with Gasteiger partial charge in [-0.25, -0.2) is 0 Å². The topological polar surface area (TPSA) is 73.6 Å². The summed E-state index contributed by atoms with van der Waals surface area (Å²) in [5.41, 5.74) is 0. The van der Waals surface area contributed by atoms with E-state index in [4.69, 9.17) is 14.0 Å². The predicted molar refractivity (Wildman–Crippen MR) is 18.7 cm³/mol. The lowest BCUT2D eigenvalue weighted by atomic mass is 11.0. The maximum atomic E-state index is 8.41. The Morgan fingerprint density at radius 3 is 1.00 bits per heavy atom. The molecule has 0 spiro atoms. The fraction of sp³-hybridized carbons (Fsp3) is 1.00. The fourth-order valence-electron chi connectivity index (χ4n) is 0. The van der Waals surface area contributed by atoms with Crippen LogP contribution in [-0.4, -0.2) is 21.1 Å². The van der Waals surface area contributed by atoms with E-state index in [1.54, 1.807) is 0 Å². The molecule has 4 nitrogen and oxygen atoms in total. The first-order chi connectivity index (χ1) is 3.46. The summed E-state index contributed by atoms with van der Waals surface area (Å²) in [6.45, 7) is 0. The van der Waals surface area contributed by atoms with Crippen LogP contribution < -0.4 is 18.9 Å². The molecule has 0 rings (SSSR count). The Morgan fingerprint density at radius 1 is 1.00 bits per heavy atom. The maximum Gasteiger partial charge on any atom is 0.0695 e. The third kappa shape index (κ3) is 9550. The molecule has 1 N–H and O–H groups in total. The van der Waals surface area contributed by atoms with Gasteiger partial charge in [-0.05, 0) is 0 Å². The first-order valence-corrected chi connectivity index (χ1v) is 2.89. The van der Waals surface area contributed by atoms with Crippen LogP contribution in [0.15, 0.2) is 0 Å². The molecule has 0 bridgehead atoms. The first-order valence-electron chi connectivity index (χ1n) is 1.96. The Balaban J connectivity index is 0. The smallest absolute Gasteiger partial charge is 0.0695 e. The summed E-state index contributed by atoms with van der Waals surface area (Å²) in [7, 11) is 3.40. The van der Waals surface area contributed by atoms with Crippen LogP contribution in [0.5, 0.6) is 0 Å². The van der Waals surface area contributed by atoms with Crippen molar-refractivity contribution in [2.45, 2.75) is 0 Å². The average Bonchev–Trinajstić information content (AvgIpc) is 1.25. The third-order valence-corrected chi connectivity index (χ3v) is 0. The molecule has 0 amide bonds. The highest BCUT2D eigenvalue weighted by molar-refractivity contribution is 3.59. The molecule has 0 aliphatic carbocycles. The van der Waals surface area contributed by atoms with Crippen LogP contribution in [0.4, 0.5) is 0 Å². The van der Waals surface area contributed by atoms with Crippen LogP contribution in [0.1, 0.15) is 0 Å². The van der Waals surface area contributed by atoms with Crippen molar-refractivity contribution in [3.05, 3.63) is 0 Å². The molecular formula is C3H10ClNO3. The average molecular weight is 144 g/mol. The monoisotopic (exact) mass is 143 g/mol. The van der Waals surface area contributed by atoms with Crippen molar-refractivity contribution in [3.63, 3.8) is 0 Å². The van der Waals surface area contributed by atoms with Gasteiger partial charge in [0.2, 0.25) is 0 Å². The first kappa shape index (κ1) is 11.0. The molecule has 0 aromatic carbocycles. The molecular weight excluding hydrogens is 133 g/mol. The molecule has 0 unspecified atom stereocenters. The summed E-state index contributed by atoms with van der Waals surface area (Å²) in [6.07, 6.45) is 0. The van der Waals surface area contributed by atoms with E-state index in [1.165, 1.54) is 4.90 Å². The summed E-state index contributed by atoms with van der Waals surface area (Å²) in [5.74, 6) is 0. The number of hydrogen-bond acceptors (Lipinski definition) is 3. The van der Waals surface area contributed by atoms with E-state index in [1.807, 2.05) is 0 Å². The second kappa shape index (κ2) is 7.13. The Morgan fingerprint density at radius 2 is 1.00 bits per heavy atom. The van der Waals surface area contributed by atoms with Crippen LogP contribution >= 0.6 is 0 Å². The van der Waals surface area contributed by atoms with Crippen molar-refractivity contribution >= 4 is 0 Å². The maximum absolute atomic E-state index is 8.41. The third-order valence-electron chi connectivity index (χ3n) is 0. The van der Waals surface area contributed by atoms with Crippen molar-refractivity contribution in [1.29, 1.82) is 0 Å². The molecule has 0 heterocycles. The van der Waals surface area contributed by atoms with Crippen LogP contribution in [0.25, 0.3) is 0 Å². The van der Waals surface area contributed by atoms with E-state index in [0.29, 0.717) is 0 Å². The lowest BCUT2D eigenvalue weighted by molar-refractivity contribution is -1.73. The van der Waals surface area contributed by atoms with E-state index < -0.39 is 10.8 Å². The van der Waals surface area contributed by atoms with Crippen LogP contribution in [0, 0.1) is 10.8 Å². The number of rotatable bonds is 0. The highest BCUT2D eigenvalue weighted by Gasteiger charge is 1.61. The summed E-state index contributed by atoms with van der Waals surface area (Å²) >= 11 is 0. The molecule has 0 aliphatic heterocycles. The van der Waals surface area contributed by atoms with E-state index in [9.17, 15) is 0 Å². The molecule has 0 aromatic rings. The van der Waals surface area contributed by atoms with Gasteiger partial charge in [0.15, 0.2) is 0 Å². The largest absolute Gasteiger partial charge is 0.357 e. The van der Waals surface area contributed by atoms with Gasteiger partial charge in [-0.15, -0.1) is 0 Å². The second-order valence-electron chi connectivity index (χ2n) is 1.69. The van der Waals surface area contributed by atoms with Gasteiger partial charge in [0.25, 0.3) is 0 Å². The van der Waals surface area contributed by atoms with E-state index in [2.05, 4.69) is 21.1 Å². The molecule has 0 aromatic heterocycles. The molecule has 5 heteroatoms. The number of nitrogens with one attached hydrogen (secondary N) is 1. The summed E-state index contributed by atoms with van der Waals surface area (Å²) in [6, 6.07) is 0. The predicted octanol–water partition coefficient (Wildman–Crippen LogP) is -4.81. The van der Waals surface area contributed by atoms with Crippen LogP contribution in [0.3, 0.4) is 0 Å². The second-order valence-corrected chi connectivity index (χ2v) is 2.07. The Bertz CT molecular complexity index is 30.0. The van der Waals surface area contributed by atoms with E-state index in [-0.39, 0.29) is 0 Å². The SMILES string of the molecule is C[NH+](C)C.[O-][Cl+2]([O-])[O-]. The van der Waals surface area contributed by atoms with E-state index in [0.717, 1.165) is 0 Å². The fourth-order valence-corrected chi connectivity index (χ4v) is 0. The van der Waals surface area contributed by atoms with Crippen molar-refractivity contribution in [3.8, 4) is 0 Å². The summed E-state index contributed by atoms with van der Waals surface area (Å²) in [5, 5.41) is 0. The zero-order chi connectivity index (χ0) is 7.15. The zero-order valence-corrected chi connectivity index (χ0v) is 5.86. The van der Waals surface area contributed by atoms with Gasteiger partial charge in [0.1, 0.15) is 0 Å². The van der Waals surface area contributed by atoms with Gasteiger partial charge >= 0.3 is 0 Å². The Kier molecular flexibility index (Phi) is 9.80. The lowest BCUT2D eigenvalue weighted by Crippen LogP contribution is -3.02. The molecule has 52 valence electrons. The number of quaternary nitrogens is 1. The standard InChI is InChI=1S/C3H9N.ClO3/c1-4(2)3;2-1(3)4/h1-3H3;/q;-1/p+1. The van der Waals surface area contributed by atoms with Gasteiger partial charge < -0.3 is 18.9 Å². The normalized spacial score (nSPS) is 9.00. The number of hydrogen-bond donors (Lipinski definition) is 1. The highest BCUT2D eigenvalue weighted by Crippen LogP contribution is 1.24. The summed E-state index contributed by atoms with van der Waals surface area (Å²) < 4.78 is 25.2. The minimum atomic E-state index is -2.85. The Hall–Kier alpha value is 0.130. The lowest BCUT2D eigenvalue weighted by Gasteiger charge is -1.89. The van der Waals surface area contributed by atoms with Gasteiger partial charge in [0.05, 0.1) is 31.9 Å². The van der Waals surface area contributed by atoms with Crippen molar-refractivity contribution in [1.82, 2.24) is 0 Å². The van der Waals surface area contributed by atoms with E-state index >= 15 is 0 Å². The quantitative estimate of drug-likeness (QED) is 0.370. The molecule has 0 radical (unpaired) electrons. The number of halogens is 1. The van der Waals surface area contributed by atoms with Gasteiger partial charge in [-0.1, -0.05) is 0 Å². The molecule has 0 atom stereocenters. The van der Waals surface area contributed by atoms with Crippen molar-refractivity contribution in [2.24, 2.45) is 0 Å². The molecule has 8 heavy (non-hydrogen) atoms. The highest BCUT2D eigenvalue weighted by atomic mass is 35.6. The molecule has 0 fully saturated rings. The Labute approximate surface area is 51.7 Å².